The number of carbonyl (C=O) groups excluding carboxylic acids is 1. The average molecular weight is 391 g/mol. The summed E-state index contributed by atoms with van der Waals surface area (Å²) >= 11 is 0. The molecule has 3 aromatic heterocycles. The highest BCUT2D eigenvalue weighted by molar-refractivity contribution is 5.91. The van der Waals surface area contributed by atoms with Gasteiger partial charge in [-0.25, -0.2) is 14.5 Å². The second-order valence-corrected chi connectivity index (χ2v) is 7.90. The van der Waals surface area contributed by atoms with Crippen molar-refractivity contribution in [3.8, 4) is 0 Å². The lowest BCUT2D eigenvalue weighted by Crippen LogP contribution is -2.33. The van der Waals surface area contributed by atoms with Crippen molar-refractivity contribution >= 4 is 22.7 Å². The fourth-order valence-corrected chi connectivity index (χ4v) is 3.55. The highest BCUT2D eigenvalue weighted by Gasteiger charge is 2.24. The molecule has 0 bridgehead atoms. The van der Waals surface area contributed by atoms with Gasteiger partial charge in [-0.15, -0.1) is 5.10 Å². The van der Waals surface area contributed by atoms with Gasteiger partial charge < -0.3 is 9.73 Å². The predicted molar refractivity (Wildman–Crippen MR) is 111 cm³/mol. The summed E-state index contributed by atoms with van der Waals surface area (Å²) in [5.74, 6) is 1.47. The zero-order chi connectivity index (χ0) is 20.7. The first-order valence-electron chi connectivity index (χ1n) is 9.79. The van der Waals surface area contributed by atoms with Crippen LogP contribution in [0.2, 0.25) is 0 Å². The van der Waals surface area contributed by atoms with Crippen LogP contribution in [0.4, 0.5) is 0 Å². The molecule has 3 heterocycles. The molecule has 1 N–H and O–H groups in total. The first-order valence-corrected chi connectivity index (χ1v) is 9.79. The van der Waals surface area contributed by atoms with E-state index >= 15 is 0 Å². The number of aryl methyl sites for hydroxylation is 3. The predicted octanol–water partition coefficient (Wildman–Crippen LogP) is 3.85. The van der Waals surface area contributed by atoms with Crippen LogP contribution in [-0.4, -0.2) is 25.5 Å². The summed E-state index contributed by atoms with van der Waals surface area (Å²) in [6, 6.07) is 7.68. The Morgan fingerprint density at radius 2 is 2.03 bits per heavy atom. The number of amides is 1. The largest absolute Gasteiger partial charge is 0.443 e. The fourth-order valence-electron chi connectivity index (χ4n) is 3.55. The molecule has 0 saturated carbocycles. The molecule has 29 heavy (non-hydrogen) atoms. The molecule has 1 atom stereocenters. The number of nitrogens with one attached hydrogen (secondary N) is 1. The smallest absolute Gasteiger partial charge is 0.231 e. The lowest BCUT2D eigenvalue weighted by Gasteiger charge is -2.19. The standard InChI is InChI=1S/C22H25N5O2/c1-12(2)19(24-17(28)10-16-8-6-7-13(3)9-16)20-25-21-18-14(4)15(5)29-22(18)23-11-27(21)26-20/h6-9,11-12,19H,10H2,1-5H3,(H,24,28). The maximum Gasteiger partial charge on any atom is 0.231 e. The van der Waals surface area contributed by atoms with Crippen molar-refractivity contribution in [2.75, 3.05) is 0 Å². The molecular formula is C22H25N5O2. The van der Waals surface area contributed by atoms with E-state index in [-0.39, 0.29) is 17.9 Å². The van der Waals surface area contributed by atoms with Crippen LogP contribution >= 0.6 is 0 Å². The van der Waals surface area contributed by atoms with E-state index in [4.69, 9.17) is 9.40 Å². The van der Waals surface area contributed by atoms with Crippen molar-refractivity contribution in [3.63, 3.8) is 0 Å². The highest BCUT2D eigenvalue weighted by Crippen LogP contribution is 2.27. The number of hydrogen-bond donors (Lipinski definition) is 1. The molecule has 0 aliphatic rings. The number of nitrogens with zero attached hydrogens (tertiary/aromatic N) is 4. The molecule has 7 heteroatoms. The Labute approximate surface area is 169 Å². The Bertz CT molecular complexity index is 1200. The quantitative estimate of drug-likeness (QED) is 0.558. The van der Waals surface area contributed by atoms with Crippen molar-refractivity contribution in [1.82, 2.24) is 24.9 Å². The Morgan fingerprint density at radius 3 is 2.76 bits per heavy atom. The van der Waals surface area contributed by atoms with Gasteiger partial charge in [0.1, 0.15) is 12.1 Å². The third kappa shape index (κ3) is 3.60. The Balaban J connectivity index is 1.65. The van der Waals surface area contributed by atoms with Crippen LogP contribution < -0.4 is 5.32 Å². The summed E-state index contributed by atoms with van der Waals surface area (Å²) < 4.78 is 7.36. The molecule has 1 unspecified atom stereocenters. The molecule has 0 fully saturated rings. The Hall–Kier alpha value is -3.22. The van der Waals surface area contributed by atoms with E-state index in [1.807, 2.05) is 58.9 Å². The van der Waals surface area contributed by atoms with E-state index in [0.717, 1.165) is 27.8 Å². The summed E-state index contributed by atoms with van der Waals surface area (Å²) in [4.78, 5) is 21.8. The zero-order valence-electron chi connectivity index (χ0n) is 17.4. The third-order valence-corrected chi connectivity index (χ3v) is 5.23. The molecule has 0 radical (unpaired) electrons. The van der Waals surface area contributed by atoms with Gasteiger partial charge in [-0.1, -0.05) is 43.7 Å². The van der Waals surface area contributed by atoms with Crippen molar-refractivity contribution in [2.45, 2.75) is 47.1 Å². The minimum atomic E-state index is -0.296. The molecule has 4 rings (SSSR count). The SMILES string of the molecule is Cc1cccc(CC(=O)NC(c2nc3c4c(C)c(C)oc4ncn3n2)C(C)C)c1. The van der Waals surface area contributed by atoms with E-state index in [1.54, 1.807) is 10.8 Å². The molecular weight excluding hydrogens is 366 g/mol. The number of hydrogen-bond acceptors (Lipinski definition) is 5. The second-order valence-electron chi connectivity index (χ2n) is 7.90. The lowest BCUT2D eigenvalue weighted by molar-refractivity contribution is -0.121. The van der Waals surface area contributed by atoms with Crippen LogP contribution in [0, 0.1) is 26.7 Å². The van der Waals surface area contributed by atoms with Crippen molar-refractivity contribution in [1.29, 1.82) is 0 Å². The molecule has 0 spiro atoms. The molecule has 7 nitrogen and oxygen atoms in total. The molecule has 1 aromatic carbocycles. The normalized spacial score (nSPS) is 12.8. The van der Waals surface area contributed by atoms with Gasteiger partial charge in [0.2, 0.25) is 11.6 Å². The van der Waals surface area contributed by atoms with Gasteiger partial charge in [-0.3, -0.25) is 4.79 Å². The maximum absolute atomic E-state index is 12.7. The first kappa shape index (κ1) is 19.1. The lowest BCUT2D eigenvalue weighted by atomic mass is 10.0. The van der Waals surface area contributed by atoms with Gasteiger partial charge in [-0.2, -0.15) is 0 Å². The molecule has 4 aromatic rings. The Morgan fingerprint density at radius 1 is 1.24 bits per heavy atom. The first-order chi connectivity index (χ1) is 13.8. The van der Waals surface area contributed by atoms with Crippen LogP contribution in [0.5, 0.6) is 0 Å². The van der Waals surface area contributed by atoms with Crippen LogP contribution in [0.1, 0.15) is 48.2 Å². The van der Waals surface area contributed by atoms with E-state index in [0.29, 0.717) is 23.6 Å². The van der Waals surface area contributed by atoms with Crippen LogP contribution in [-0.2, 0) is 11.2 Å². The van der Waals surface area contributed by atoms with Gasteiger partial charge in [0.15, 0.2) is 11.5 Å². The summed E-state index contributed by atoms with van der Waals surface area (Å²) in [6.07, 6.45) is 1.92. The average Bonchev–Trinajstić information content (AvgIpc) is 3.20. The second kappa shape index (κ2) is 7.31. The molecule has 0 aliphatic heterocycles. The number of rotatable bonds is 5. The van der Waals surface area contributed by atoms with Gasteiger partial charge in [0.05, 0.1) is 17.8 Å². The van der Waals surface area contributed by atoms with Crippen molar-refractivity contribution < 1.29 is 9.21 Å². The fraction of sp³-hybridized carbons (Fsp3) is 0.364. The number of aromatic nitrogens is 4. The van der Waals surface area contributed by atoms with Gasteiger partial charge in [0, 0.05) is 5.56 Å². The summed E-state index contributed by atoms with van der Waals surface area (Å²) in [5, 5.41) is 8.56. The minimum absolute atomic E-state index is 0.0493. The van der Waals surface area contributed by atoms with E-state index in [2.05, 4.69) is 15.4 Å². The van der Waals surface area contributed by atoms with Crippen molar-refractivity contribution in [3.05, 3.63) is 58.9 Å². The van der Waals surface area contributed by atoms with Crippen LogP contribution in [0.3, 0.4) is 0 Å². The third-order valence-electron chi connectivity index (χ3n) is 5.23. The molecule has 1 amide bonds. The van der Waals surface area contributed by atoms with Crippen LogP contribution in [0.25, 0.3) is 16.7 Å². The molecule has 150 valence electrons. The summed E-state index contributed by atoms with van der Waals surface area (Å²) in [5.41, 5.74) is 4.37. The number of carbonyl (C=O) groups is 1. The van der Waals surface area contributed by atoms with Crippen LogP contribution in [0.15, 0.2) is 35.0 Å². The summed E-state index contributed by atoms with van der Waals surface area (Å²) in [6.45, 7) is 10.0. The van der Waals surface area contributed by atoms with Crippen molar-refractivity contribution in [2.24, 2.45) is 5.92 Å². The zero-order valence-corrected chi connectivity index (χ0v) is 17.4. The van der Waals surface area contributed by atoms with Gasteiger partial charge >= 0.3 is 0 Å². The monoisotopic (exact) mass is 391 g/mol. The van der Waals surface area contributed by atoms with E-state index in [1.165, 1.54) is 0 Å². The highest BCUT2D eigenvalue weighted by atomic mass is 16.3. The summed E-state index contributed by atoms with van der Waals surface area (Å²) in [7, 11) is 0. The topological polar surface area (TPSA) is 85.3 Å². The number of furan rings is 1. The maximum atomic E-state index is 12.7. The van der Waals surface area contributed by atoms with Gasteiger partial charge in [-0.05, 0) is 32.3 Å². The molecule has 0 aliphatic carbocycles. The van der Waals surface area contributed by atoms with E-state index < -0.39 is 0 Å². The number of benzene rings is 1. The van der Waals surface area contributed by atoms with Gasteiger partial charge in [0.25, 0.3) is 0 Å². The molecule has 0 saturated heterocycles. The Kier molecular flexibility index (Phi) is 4.82. The van der Waals surface area contributed by atoms with E-state index in [9.17, 15) is 4.79 Å². The minimum Gasteiger partial charge on any atom is -0.443 e. The number of fused-ring (bicyclic) bond motifs is 3.